The summed E-state index contributed by atoms with van der Waals surface area (Å²) in [7, 11) is 5.55. The zero-order valence-corrected chi connectivity index (χ0v) is 17.7. The van der Waals surface area contributed by atoms with E-state index in [4.69, 9.17) is 4.74 Å². The number of azo groups is 1. The van der Waals surface area contributed by atoms with Crippen molar-refractivity contribution in [3.63, 3.8) is 0 Å². The van der Waals surface area contributed by atoms with Gasteiger partial charge in [-0.05, 0) is 48.5 Å². The molecule has 7 heteroatoms. The lowest BCUT2D eigenvalue weighted by atomic mass is 10.2. The molecule has 31 heavy (non-hydrogen) atoms. The lowest BCUT2D eigenvalue weighted by molar-refractivity contribution is -0.121. The second kappa shape index (κ2) is 10.2. The Morgan fingerprint density at radius 3 is 2.10 bits per heavy atom. The topological polar surface area (TPSA) is 74.6 Å². The van der Waals surface area contributed by atoms with Gasteiger partial charge in [-0.2, -0.15) is 5.11 Å². The first-order valence-corrected chi connectivity index (χ1v) is 9.72. The van der Waals surface area contributed by atoms with Crippen molar-refractivity contribution in [3.8, 4) is 0 Å². The second-order valence-corrected chi connectivity index (χ2v) is 6.99. The fraction of sp³-hybridized carbons (Fsp3) is 0.167. The lowest BCUT2D eigenvalue weighted by Gasteiger charge is -2.17. The lowest BCUT2D eigenvalue weighted by Crippen LogP contribution is -2.31. The highest BCUT2D eigenvalue weighted by Gasteiger charge is 2.17. The van der Waals surface area contributed by atoms with E-state index in [9.17, 15) is 9.59 Å². The van der Waals surface area contributed by atoms with Gasteiger partial charge in [0.1, 0.15) is 5.69 Å². The number of benzene rings is 3. The van der Waals surface area contributed by atoms with E-state index in [2.05, 4.69) is 10.2 Å². The number of anilines is 2. The van der Waals surface area contributed by atoms with E-state index in [1.807, 2.05) is 61.5 Å². The zero-order valence-electron chi connectivity index (χ0n) is 17.7. The van der Waals surface area contributed by atoms with E-state index in [-0.39, 0.29) is 18.1 Å². The molecule has 7 nitrogen and oxygen atoms in total. The molecule has 1 amide bonds. The zero-order chi connectivity index (χ0) is 22.2. The maximum absolute atomic E-state index is 12.6. The fourth-order valence-electron chi connectivity index (χ4n) is 2.76. The minimum absolute atomic E-state index is 0.242. The van der Waals surface area contributed by atoms with Crippen molar-refractivity contribution in [1.82, 2.24) is 0 Å². The van der Waals surface area contributed by atoms with Crippen LogP contribution in [-0.2, 0) is 9.53 Å². The highest BCUT2D eigenvalue weighted by Crippen LogP contribution is 2.24. The van der Waals surface area contributed by atoms with Gasteiger partial charge in [0.25, 0.3) is 5.91 Å². The molecule has 0 unspecified atom stereocenters. The Kier molecular flexibility index (Phi) is 7.11. The fourth-order valence-corrected chi connectivity index (χ4v) is 2.76. The monoisotopic (exact) mass is 416 g/mol. The number of hydrogen-bond donors (Lipinski definition) is 0. The molecular formula is C24H24N4O3. The summed E-state index contributed by atoms with van der Waals surface area (Å²) in [6.45, 7) is -0.373. The number of amides is 1. The average molecular weight is 416 g/mol. The molecule has 0 atom stereocenters. The molecule has 0 radical (unpaired) electrons. The number of ether oxygens (including phenoxy) is 1. The number of esters is 1. The number of rotatable bonds is 7. The number of likely N-dealkylation sites (N-methyl/N-ethyl adjacent to an activating group) is 1. The molecule has 0 saturated carbocycles. The highest BCUT2D eigenvalue weighted by molar-refractivity contribution is 5.98. The van der Waals surface area contributed by atoms with Crippen LogP contribution in [0.2, 0.25) is 0 Å². The summed E-state index contributed by atoms with van der Waals surface area (Å²) in [5.74, 6) is -0.966. The van der Waals surface area contributed by atoms with E-state index < -0.39 is 5.97 Å². The first-order valence-electron chi connectivity index (χ1n) is 9.72. The average Bonchev–Trinajstić information content (AvgIpc) is 2.81. The van der Waals surface area contributed by atoms with Gasteiger partial charge < -0.3 is 14.5 Å². The predicted molar refractivity (Wildman–Crippen MR) is 122 cm³/mol. The van der Waals surface area contributed by atoms with Crippen molar-refractivity contribution in [2.24, 2.45) is 10.2 Å². The third kappa shape index (κ3) is 5.76. The van der Waals surface area contributed by atoms with Gasteiger partial charge in [-0.15, -0.1) is 5.11 Å². The molecule has 158 valence electrons. The van der Waals surface area contributed by atoms with Gasteiger partial charge >= 0.3 is 5.97 Å². The Balaban J connectivity index is 1.66. The summed E-state index contributed by atoms with van der Waals surface area (Å²) in [6.07, 6.45) is 0. The molecule has 0 fully saturated rings. The van der Waals surface area contributed by atoms with Crippen molar-refractivity contribution < 1.29 is 14.3 Å². The van der Waals surface area contributed by atoms with E-state index in [1.54, 1.807) is 43.4 Å². The molecule has 3 rings (SSSR count). The van der Waals surface area contributed by atoms with Crippen molar-refractivity contribution in [3.05, 3.63) is 84.4 Å². The van der Waals surface area contributed by atoms with Crippen LogP contribution in [0.25, 0.3) is 0 Å². The highest BCUT2D eigenvalue weighted by atomic mass is 16.5. The summed E-state index contributed by atoms with van der Waals surface area (Å²) in [6, 6.07) is 23.4. The van der Waals surface area contributed by atoms with Crippen LogP contribution in [0.1, 0.15) is 10.4 Å². The van der Waals surface area contributed by atoms with E-state index >= 15 is 0 Å². The molecule has 0 aromatic heterocycles. The third-order valence-electron chi connectivity index (χ3n) is 4.61. The van der Waals surface area contributed by atoms with Crippen LogP contribution in [0.15, 0.2) is 89.1 Å². The molecule has 0 saturated heterocycles. The first-order chi connectivity index (χ1) is 15.0. The molecule has 0 spiro atoms. The molecule has 0 N–H and O–H groups in total. The molecular weight excluding hydrogens is 392 g/mol. The van der Waals surface area contributed by atoms with Gasteiger partial charge in [-0.3, -0.25) is 4.79 Å². The van der Waals surface area contributed by atoms with Crippen molar-refractivity contribution in [1.29, 1.82) is 0 Å². The van der Waals surface area contributed by atoms with Gasteiger partial charge in [-0.1, -0.05) is 30.3 Å². The smallest absolute Gasteiger partial charge is 0.340 e. The Hall–Kier alpha value is -4.00. The predicted octanol–water partition coefficient (Wildman–Crippen LogP) is 4.99. The minimum atomic E-state index is -0.632. The number of para-hydroxylation sites is 1. The molecule has 0 aliphatic carbocycles. The summed E-state index contributed by atoms with van der Waals surface area (Å²) in [5.41, 5.74) is 3.04. The van der Waals surface area contributed by atoms with Crippen molar-refractivity contribution in [2.45, 2.75) is 0 Å². The SMILES string of the molecule is CN(C)c1ccc(N=Nc2ccccc2C(=O)OCC(=O)N(C)c2ccccc2)cc1. The van der Waals surface area contributed by atoms with Crippen LogP contribution in [0.4, 0.5) is 22.7 Å². The van der Waals surface area contributed by atoms with Crippen LogP contribution >= 0.6 is 0 Å². The van der Waals surface area contributed by atoms with Crippen LogP contribution in [0.5, 0.6) is 0 Å². The van der Waals surface area contributed by atoms with Crippen LogP contribution in [0, 0.1) is 0 Å². The van der Waals surface area contributed by atoms with Gasteiger partial charge in [-0.25, -0.2) is 4.79 Å². The number of carbonyl (C=O) groups excluding carboxylic acids is 2. The van der Waals surface area contributed by atoms with E-state index in [1.165, 1.54) is 4.90 Å². The molecule has 0 aliphatic rings. The normalized spacial score (nSPS) is 10.7. The molecule has 0 heterocycles. The van der Waals surface area contributed by atoms with Crippen LogP contribution in [-0.4, -0.2) is 39.6 Å². The second-order valence-electron chi connectivity index (χ2n) is 6.99. The maximum Gasteiger partial charge on any atom is 0.340 e. The number of nitrogens with zero attached hydrogens (tertiary/aromatic N) is 4. The Morgan fingerprint density at radius 1 is 0.774 bits per heavy atom. The first kappa shape index (κ1) is 21.7. The molecule has 0 aliphatic heterocycles. The van der Waals surface area contributed by atoms with E-state index in [0.717, 1.165) is 11.4 Å². The van der Waals surface area contributed by atoms with Crippen molar-refractivity contribution >= 4 is 34.6 Å². The summed E-state index contributed by atoms with van der Waals surface area (Å²) < 4.78 is 5.23. The quantitative estimate of drug-likeness (QED) is 0.402. The third-order valence-corrected chi connectivity index (χ3v) is 4.61. The molecule has 3 aromatic carbocycles. The maximum atomic E-state index is 12.6. The molecule has 0 bridgehead atoms. The van der Waals surface area contributed by atoms with Crippen LogP contribution in [0.3, 0.4) is 0 Å². The Labute approximate surface area is 181 Å². The largest absolute Gasteiger partial charge is 0.452 e. The Morgan fingerprint density at radius 2 is 1.42 bits per heavy atom. The minimum Gasteiger partial charge on any atom is -0.452 e. The number of carbonyl (C=O) groups is 2. The van der Waals surface area contributed by atoms with Gasteiger partial charge in [0.05, 0.1) is 11.3 Å². The standard InChI is InChI=1S/C24H24N4O3/c1-27(2)19-15-13-18(14-16-19)25-26-22-12-8-7-11-21(22)24(30)31-17-23(29)28(3)20-9-5-4-6-10-20/h4-16H,17H2,1-3H3. The van der Waals surface area contributed by atoms with Crippen LogP contribution < -0.4 is 9.80 Å². The number of hydrogen-bond acceptors (Lipinski definition) is 6. The summed E-state index contributed by atoms with van der Waals surface area (Å²) >= 11 is 0. The van der Waals surface area contributed by atoms with Gasteiger partial charge in [0, 0.05) is 32.5 Å². The van der Waals surface area contributed by atoms with Gasteiger partial charge in [0.2, 0.25) is 0 Å². The van der Waals surface area contributed by atoms with Crippen molar-refractivity contribution in [2.75, 3.05) is 37.5 Å². The molecule has 3 aromatic rings. The summed E-state index contributed by atoms with van der Waals surface area (Å²) in [5, 5.41) is 8.40. The Bertz CT molecular complexity index is 1060. The van der Waals surface area contributed by atoms with Gasteiger partial charge in [0.15, 0.2) is 6.61 Å². The summed E-state index contributed by atoms with van der Waals surface area (Å²) in [4.78, 5) is 28.3. The van der Waals surface area contributed by atoms with E-state index in [0.29, 0.717) is 11.4 Å².